The van der Waals surface area contributed by atoms with Gasteiger partial charge in [-0.2, -0.15) is 0 Å². The summed E-state index contributed by atoms with van der Waals surface area (Å²) in [5, 5.41) is 9.49. The molecular formula is C13H19N3O4S. The number of rotatable bonds is 5. The molecule has 1 saturated carbocycles. The Morgan fingerprint density at radius 1 is 1.33 bits per heavy atom. The molecule has 1 aromatic rings. The fourth-order valence-corrected chi connectivity index (χ4v) is 4.20. The van der Waals surface area contributed by atoms with Crippen molar-refractivity contribution >= 4 is 21.6 Å². The quantitative estimate of drug-likeness (QED) is 0.565. The van der Waals surface area contributed by atoms with Crippen LogP contribution in [0.1, 0.15) is 36.0 Å². The highest BCUT2D eigenvalue weighted by molar-refractivity contribution is 7.89. The van der Waals surface area contributed by atoms with E-state index < -0.39 is 21.5 Å². The van der Waals surface area contributed by atoms with Crippen molar-refractivity contribution < 1.29 is 18.3 Å². The van der Waals surface area contributed by atoms with Gasteiger partial charge in [-0.05, 0) is 31.0 Å². The van der Waals surface area contributed by atoms with Crippen LogP contribution in [0.4, 0.5) is 5.69 Å². The van der Waals surface area contributed by atoms with Gasteiger partial charge in [-0.15, -0.1) is 0 Å². The van der Waals surface area contributed by atoms with Gasteiger partial charge in [0.05, 0.1) is 17.8 Å². The standard InChI is InChI=1S/C13H19N3O4S/c14-10-7-9(12(15)18)3-4-11(10)21(19,20)16-13(8-17)5-1-2-6-13/h3-4,7,16-17H,1-2,5-6,8,14H2,(H2,15,18). The molecule has 0 aromatic heterocycles. The maximum atomic E-state index is 12.4. The lowest BCUT2D eigenvalue weighted by Crippen LogP contribution is -2.49. The molecule has 0 spiro atoms. The zero-order chi connectivity index (χ0) is 15.7. The van der Waals surface area contributed by atoms with Gasteiger partial charge in [-0.25, -0.2) is 13.1 Å². The van der Waals surface area contributed by atoms with E-state index in [1.54, 1.807) is 0 Å². The molecule has 2 rings (SSSR count). The number of aliphatic hydroxyl groups is 1. The van der Waals surface area contributed by atoms with E-state index in [0.29, 0.717) is 12.8 Å². The van der Waals surface area contributed by atoms with Gasteiger partial charge in [0.25, 0.3) is 0 Å². The van der Waals surface area contributed by atoms with Crippen molar-refractivity contribution in [2.45, 2.75) is 36.1 Å². The molecule has 21 heavy (non-hydrogen) atoms. The van der Waals surface area contributed by atoms with Crippen molar-refractivity contribution in [1.82, 2.24) is 4.72 Å². The lowest BCUT2D eigenvalue weighted by atomic mass is 10.0. The summed E-state index contributed by atoms with van der Waals surface area (Å²) in [6.45, 7) is -0.258. The van der Waals surface area contributed by atoms with Crippen molar-refractivity contribution in [3.05, 3.63) is 23.8 Å². The molecule has 1 amide bonds. The zero-order valence-corrected chi connectivity index (χ0v) is 12.3. The molecule has 6 N–H and O–H groups in total. The molecule has 116 valence electrons. The second-order valence-electron chi connectivity index (χ2n) is 5.37. The van der Waals surface area contributed by atoms with Gasteiger partial charge in [-0.1, -0.05) is 12.8 Å². The molecule has 1 aromatic carbocycles. The lowest BCUT2D eigenvalue weighted by molar-refractivity contribution is 0.1000. The SMILES string of the molecule is NC(=O)c1ccc(S(=O)(=O)NC2(CO)CCCC2)c(N)c1. The summed E-state index contributed by atoms with van der Waals surface area (Å²) >= 11 is 0. The highest BCUT2D eigenvalue weighted by Gasteiger charge is 2.38. The van der Waals surface area contributed by atoms with Gasteiger partial charge >= 0.3 is 0 Å². The monoisotopic (exact) mass is 313 g/mol. The minimum absolute atomic E-state index is 0.0510. The van der Waals surface area contributed by atoms with Crippen molar-refractivity contribution in [2.75, 3.05) is 12.3 Å². The van der Waals surface area contributed by atoms with Crippen LogP contribution in [0.25, 0.3) is 0 Å². The minimum Gasteiger partial charge on any atom is -0.398 e. The van der Waals surface area contributed by atoms with Gasteiger partial charge in [-0.3, -0.25) is 4.79 Å². The number of nitrogens with two attached hydrogens (primary N) is 2. The Bertz CT molecular complexity index is 651. The van der Waals surface area contributed by atoms with E-state index in [0.717, 1.165) is 12.8 Å². The van der Waals surface area contributed by atoms with Crippen LogP contribution < -0.4 is 16.2 Å². The van der Waals surface area contributed by atoms with Crippen LogP contribution in [-0.2, 0) is 10.0 Å². The maximum Gasteiger partial charge on any atom is 0.248 e. The third-order valence-electron chi connectivity index (χ3n) is 3.80. The highest BCUT2D eigenvalue weighted by atomic mass is 32.2. The van der Waals surface area contributed by atoms with Gasteiger partial charge < -0.3 is 16.6 Å². The number of nitrogen functional groups attached to an aromatic ring is 1. The molecule has 1 fully saturated rings. The molecule has 0 aliphatic heterocycles. The van der Waals surface area contributed by atoms with Crippen LogP contribution in [0.5, 0.6) is 0 Å². The molecule has 0 radical (unpaired) electrons. The summed E-state index contributed by atoms with van der Waals surface area (Å²) < 4.78 is 27.4. The topological polar surface area (TPSA) is 136 Å². The van der Waals surface area contributed by atoms with E-state index >= 15 is 0 Å². The van der Waals surface area contributed by atoms with Gasteiger partial charge in [0.2, 0.25) is 15.9 Å². The Hall–Kier alpha value is -1.64. The van der Waals surface area contributed by atoms with E-state index in [4.69, 9.17) is 11.5 Å². The van der Waals surface area contributed by atoms with Crippen LogP contribution in [0.3, 0.4) is 0 Å². The van der Waals surface area contributed by atoms with Crippen molar-refractivity contribution in [3.8, 4) is 0 Å². The number of nitrogens with one attached hydrogen (secondary N) is 1. The number of primary amides is 1. The van der Waals surface area contributed by atoms with Crippen molar-refractivity contribution in [3.63, 3.8) is 0 Å². The first-order valence-electron chi connectivity index (χ1n) is 6.64. The minimum atomic E-state index is -3.87. The van der Waals surface area contributed by atoms with E-state index in [1.165, 1.54) is 18.2 Å². The highest BCUT2D eigenvalue weighted by Crippen LogP contribution is 2.31. The molecule has 0 bridgehead atoms. The molecular weight excluding hydrogens is 294 g/mol. The predicted molar refractivity (Wildman–Crippen MR) is 78.0 cm³/mol. The summed E-state index contributed by atoms with van der Waals surface area (Å²) in [6, 6.07) is 3.79. The summed E-state index contributed by atoms with van der Waals surface area (Å²) in [7, 11) is -3.87. The Kier molecular flexibility index (Phi) is 4.22. The van der Waals surface area contributed by atoms with E-state index in [-0.39, 0.29) is 22.8 Å². The molecule has 8 heteroatoms. The van der Waals surface area contributed by atoms with Crippen molar-refractivity contribution in [1.29, 1.82) is 0 Å². The Balaban J connectivity index is 2.33. The zero-order valence-electron chi connectivity index (χ0n) is 11.5. The first-order valence-corrected chi connectivity index (χ1v) is 8.12. The summed E-state index contributed by atoms with van der Waals surface area (Å²) in [4.78, 5) is 10.9. The van der Waals surface area contributed by atoms with Gasteiger partial charge in [0, 0.05) is 5.56 Å². The summed E-state index contributed by atoms with van der Waals surface area (Å²) in [5.41, 5.74) is 10.1. The number of sulfonamides is 1. The van der Waals surface area contributed by atoms with Crippen LogP contribution in [-0.4, -0.2) is 31.6 Å². The molecule has 1 aliphatic carbocycles. The summed E-state index contributed by atoms with van der Waals surface area (Å²) in [6.07, 6.45) is 2.89. The average Bonchev–Trinajstić information content (AvgIpc) is 2.86. The first kappa shape index (κ1) is 15.7. The second-order valence-corrected chi connectivity index (χ2v) is 7.02. The van der Waals surface area contributed by atoms with Gasteiger partial charge in [0.15, 0.2) is 0 Å². The Labute approximate surface area is 123 Å². The second kappa shape index (κ2) is 5.63. The van der Waals surface area contributed by atoms with Crippen LogP contribution >= 0.6 is 0 Å². The predicted octanol–water partition coefficient (Wildman–Crippen LogP) is -0.0489. The number of hydrogen-bond donors (Lipinski definition) is 4. The van der Waals surface area contributed by atoms with E-state index in [9.17, 15) is 18.3 Å². The Morgan fingerprint density at radius 2 is 1.95 bits per heavy atom. The van der Waals surface area contributed by atoms with Crippen LogP contribution in [0, 0.1) is 0 Å². The maximum absolute atomic E-state index is 12.4. The van der Waals surface area contributed by atoms with Crippen LogP contribution in [0.2, 0.25) is 0 Å². The number of aliphatic hydroxyl groups excluding tert-OH is 1. The number of anilines is 1. The lowest BCUT2D eigenvalue weighted by Gasteiger charge is -2.27. The fourth-order valence-electron chi connectivity index (χ4n) is 2.63. The number of amides is 1. The van der Waals surface area contributed by atoms with Gasteiger partial charge in [0.1, 0.15) is 4.90 Å². The first-order chi connectivity index (χ1) is 9.80. The molecule has 0 unspecified atom stereocenters. The normalized spacial score (nSPS) is 17.8. The molecule has 0 heterocycles. The number of benzene rings is 1. The molecule has 0 saturated heterocycles. The average molecular weight is 313 g/mol. The van der Waals surface area contributed by atoms with E-state index in [2.05, 4.69) is 4.72 Å². The molecule has 0 atom stereocenters. The number of hydrogen-bond acceptors (Lipinski definition) is 5. The largest absolute Gasteiger partial charge is 0.398 e. The number of carbonyl (C=O) groups is 1. The third-order valence-corrected chi connectivity index (χ3v) is 5.45. The smallest absolute Gasteiger partial charge is 0.248 e. The fraction of sp³-hybridized carbons (Fsp3) is 0.462. The van der Waals surface area contributed by atoms with E-state index in [1.807, 2.05) is 0 Å². The van der Waals surface area contributed by atoms with Crippen LogP contribution in [0.15, 0.2) is 23.1 Å². The Morgan fingerprint density at radius 3 is 2.43 bits per heavy atom. The molecule has 1 aliphatic rings. The number of carbonyl (C=O) groups excluding carboxylic acids is 1. The molecule has 7 nitrogen and oxygen atoms in total. The van der Waals surface area contributed by atoms with Crippen molar-refractivity contribution in [2.24, 2.45) is 5.73 Å². The summed E-state index contributed by atoms with van der Waals surface area (Å²) in [5.74, 6) is -0.679. The third kappa shape index (κ3) is 3.17.